The smallest absolute Gasteiger partial charge is 0.312 e. The molecule has 8 nitrogen and oxygen atoms in total. The number of nitrogens with one attached hydrogen (secondary N) is 2. The maximum Gasteiger partial charge on any atom is 0.312 e. The second-order valence-electron chi connectivity index (χ2n) is 4.03. The van der Waals surface area contributed by atoms with Crippen LogP contribution in [0.25, 0.3) is 0 Å². The predicted octanol–water partition coefficient (Wildman–Crippen LogP) is 2.32. The largest absolute Gasteiger partial charge is 0.490 e. The van der Waals surface area contributed by atoms with Crippen LogP contribution in [0.4, 0.5) is 11.4 Å². The topological polar surface area (TPSA) is 107 Å². The highest BCUT2D eigenvalue weighted by molar-refractivity contribution is 7.80. The maximum absolute atomic E-state index is 11.7. The maximum atomic E-state index is 11.7. The summed E-state index contributed by atoms with van der Waals surface area (Å²) >= 11 is 4.97. The summed E-state index contributed by atoms with van der Waals surface area (Å²) in [5.41, 5.74) is 0.130. The number of nitro groups is 1. The van der Waals surface area contributed by atoms with Gasteiger partial charge in [0.15, 0.2) is 16.6 Å². The molecular formula is C13H11N3O5S. The number of nitrogens with zero attached hydrogens (tertiary/aromatic N) is 1. The molecule has 1 heterocycles. The summed E-state index contributed by atoms with van der Waals surface area (Å²) in [6, 6.07) is 7.27. The molecule has 0 aliphatic heterocycles. The van der Waals surface area contributed by atoms with E-state index in [1.54, 1.807) is 6.07 Å². The van der Waals surface area contributed by atoms with Crippen LogP contribution in [0.1, 0.15) is 10.6 Å². The van der Waals surface area contributed by atoms with Crippen LogP contribution in [0.5, 0.6) is 5.75 Å². The van der Waals surface area contributed by atoms with Crippen molar-refractivity contribution in [2.75, 3.05) is 12.4 Å². The first-order valence-corrected chi connectivity index (χ1v) is 6.40. The third kappa shape index (κ3) is 3.58. The van der Waals surface area contributed by atoms with E-state index >= 15 is 0 Å². The van der Waals surface area contributed by atoms with Gasteiger partial charge in [0, 0.05) is 11.8 Å². The van der Waals surface area contributed by atoms with Gasteiger partial charge in [-0.2, -0.15) is 0 Å². The zero-order valence-electron chi connectivity index (χ0n) is 11.4. The number of benzene rings is 1. The van der Waals surface area contributed by atoms with Gasteiger partial charge in [-0.05, 0) is 36.5 Å². The highest BCUT2D eigenvalue weighted by Crippen LogP contribution is 2.29. The van der Waals surface area contributed by atoms with Gasteiger partial charge in [0.1, 0.15) is 0 Å². The SMILES string of the molecule is COc1ccc(NC(=S)NC(=O)c2ccco2)cc1[N+](=O)[O-]. The molecular weight excluding hydrogens is 310 g/mol. The number of ether oxygens (including phenoxy) is 1. The molecule has 1 aromatic heterocycles. The zero-order chi connectivity index (χ0) is 16.1. The fourth-order valence-corrected chi connectivity index (χ4v) is 1.86. The number of hydrogen-bond acceptors (Lipinski definition) is 6. The lowest BCUT2D eigenvalue weighted by atomic mass is 10.2. The van der Waals surface area contributed by atoms with Crippen molar-refractivity contribution in [3.8, 4) is 5.75 Å². The van der Waals surface area contributed by atoms with E-state index in [0.29, 0.717) is 5.69 Å². The van der Waals surface area contributed by atoms with Gasteiger partial charge in [-0.3, -0.25) is 20.2 Å². The number of carbonyl (C=O) groups excluding carboxylic acids is 1. The average Bonchev–Trinajstić information content (AvgIpc) is 3.01. The Bertz CT molecular complexity index is 714. The molecule has 2 N–H and O–H groups in total. The Morgan fingerprint density at radius 1 is 1.41 bits per heavy atom. The summed E-state index contributed by atoms with van der Waals surface area (Å²) in [5.74, 6) is -0.295. The minimum Gasteiger partial charge on any atom is -0.490 e. The predicted molar refractivity (Wildman–Crippen MR) is 82.0 cm³/mol. The first kappa shape index (κ1) is 15.4. The second kappa shape index (κ2) is 6.68. The molecule has 0 spiro atoms. The van der Waals surface area contributed by atoms with Crippen molar-refractivity contribution in [2.24, 2.45) is 0 Å². The summed E-state index contributed by atoms with van der Waals surface area (Å²) < 4.78 is 9.82. The Morgan fingerprint density at radius 3 is 2.77 bits per heavy atom. The van der Waals surface area contributed by atoms with Crippen molar-refractivity contribution in [3.63, 3.8) is 0 Å². The van der Waals surface area contributed by atoms with E-state index in [2.05, 4.69) is 10.6 Å². The van der Waals surface area contributed by atoms with E-state index in [4.69, 9.17) is 21.4 Å². The molecule has 0 bridgehead atoms. The summed E-state index contributed by atoms with van der Waals surface area (Å²) in [6.07, 6.45) is 1.36. The second-order valence-corrected chi connectivity index (χ2v) is 4.44. The number of hydrogen-bond donors (Lipinski definition) is 2. The molecule has 0 atom stereocenters. The molecule has 2 aromatic rings. The van der Waals surface area contributed by atoms with E-state index < -0.39 is 10.8 Å². The fourth-order valence-electron chi connectivity index (χ4n) is 1.65. The van der Waals surface area contributed by atoms with Gasteiger partial charge in [-0.15, -0.1) is 0 Å². The Labute approximate surface area is 130 Å². The van der Waals surface area contributed by atoms with Crippen LogP contribution in [0, 0.1) is 10.1 Å². The number of methoxy groups -OCH3 is 1. The lowest BCUT2D eigenvalue weighted by Gasteiger charge is -2.09. The lowest BCUT2D eigenvalue weighted by Crippen LogP contribution is -2.33. The molecule has 114 valence electrons. The van der Waals surface area contributed by atoms with Crippen molar-refractivity contribution in [1.82, 2.24) is 5.32 Å². The van der Waals surface area contributed by atoms with E-state index in [0.717, 1.165) is 0 Å². The Balaban J connectivity index is 2.07. The molecule has 0 aliphatic rings. The average molecular weight is 321 g/mol. The summed E-state index contributed by atoms with van der Waals surface area (Å²) in [6.45, 7) is 0. The summed E-state index contributed by atoms with van der Waals surface area (Å²) in [5, 5.41) is 16.0. The number of amides is 1. The Hall–Kier alpha value is -2.94. The van der Waals surface area contributed by atoms with Gasteiger partial charge in [0.25, 0.3) is 5.91 Å². The summed E-state index contributed by atoms with van der Waals surface area (Å²) in [7, 11) is 1.34. The van der Waals surface area contributed by atoms with Gasteiger partial charge in [-0.1, -0.05) is 0 Å². The van der Waals surface area contributed by atoms with E-state index in [-0.39, 0.29) is 22.3 Å². The first-order valence-electron chi connectivity index (χ1n) is 5.99. The van der Waals surface area contributed by atoms with Gasteiger partial charge < -0.3 is 14.5 Å². The minimum atomic E-state index is -0.575. The number of anilines is 1. The molecule has 0 aliphatic carbocycles. The Morgan fingerprint density at radius 2 is 2.18 bits per heavy atom. The molecule has 1 aromatic carbocycles. The normalized spacial score (nSPS) is 9.86. The lowest BCUT2D eigenvalue weighted by molar-refractivity contribution is -0.385. The monoisotopic (exact) mass is 321 g/mol. The number of rotatable bonds is 4. The van der Waals surface area contributed by atoms with Crippen molar-refractivity contribution >= 4 is 34.6 Å². The molecule has 0 fully saturated rings. The fraction of sp³-hybridized carbons (Fsp3) is 0.0769. The van der Waals surface area contributed by atoms with Gasteiger partial charge in [0.05, 0.1) is 18.3 Å². The van der Waals surface area contributed by atoms with Crippen LogP contribution in [-0.4, -0.2) is 23.1 Å². The van der Waals surface area contributed by atoms with Crippen LogP contribution >= 0.6 is 12.2 Å². The molecule has 1 amide bonds. The molecule has 9 heteroatoms. The van der Waals surface area contributed by atoms with Crippen LogP contribution in [0.3, 0.4) is 0 Å². The number of nitro benzene ring substituents is 1. The van der Waals surface area contributed by atoms with Gasteiger partial charge in [0.2, 0.25) is 0 Å². The molecule has 0 saturated heterocycles. The minimum absolute atomic E-state index is 0.0131. The van der Waals surface area contributed by atoms with Crippen LogP contribution in [0.15, 0.2) is 41.0 Å². The molecule has 22 heavy (non-hydrogen) atoms. The third-order valence-corrected chi connectivity index (χ3v) is 2.81. The number of thiocarbonyl (C=S) groups is 1. The van der Waals surface area contributed by atoms with E-state index in [1.807, 2.05) is 0 Å². The number of furan rings is 1. The van der Waals surface area contributed by atoms with Crippen LogP contribution in [-0.2, 0) is 0 Å². The molecule has 0 radical (unpaired) electrons. The van der Waals surface area contributed by atoms with Crippen molar-refractivity contribution < 1.29 is 18.9 Å². The molecule has 0 unspecified atom stereocenters. The first-order chi connectivity index (χ1) is 10.5. The molecule has 0 saturated carbocycles. The van der Waals surface area contributed by atoms with Crippen LogP contribution in [0.2, 0.25) is 0 Å². The highest BCUT2D eigenvalue weighted by atomic mass is 32.1. The Kier molecular flexibility index (Phi) is 4.69. The third-order valence-electron chi connectivity index (χ3n) is 2.61. The quantitative estimate of drug-likeness (QED) is 0.505. The van der Waals surface area contributed by atoms with Crippen molar-refractivity contribution in [3.05, 3.63) is 52.5 Å². The van der Waals surface area contributed by atoms with E-state index in [9.17, 15) is 14.9 Å². The van der Waals surface area contributed by atoms with E-state index in [1.165, 1.54) is 37.6 Å². The van der Waals surface area contributed by atoms with Crippen LogP contribution < -0.4 is 15.4 Å². The highest BCUT2D eigenvalue weighted by Gasteiger charge is 2.16. The standard InChI is InChI=1S/C13H11N3O5S/c1-20-10-5-4-8(7-9(10)16(18)19)14-13(22)15-12(17)11-3-2-6-21-11/h2-7H,1H3,(H2,14,15,17,22). The van der Waals surface area contributed by atoms with Gasteiger partial charge in [-0.25, -0.2) is 0 Å². The molecule has 2 rings (SSSR count). The summed E-state index contributed by atoms with van der Waals surface area (Å²) in [4.78, 5) is 22.1. The van der Waals surface area contributed by atoms with Crippen molar-refractivity contribution in [1.29, 1.82) is 0 Å². The number of carbonyl (C=O) groups is 1. The van der Waals surface area contributed by atoms with Crippen molar-refractivity contribution in [2.45, 2.75) is 0 Å². The zero-order valence-corrected chi connectivity index (χ0v) is 12.2. The van der Waals surface area contributed by atoms with Gasteiger partial charge >= 0.3 is 5.69 Å².